The SMILES string of the molecule is CC[C@@H]1CN(c2ncc(C#N)s2)C[C@@H]1CC. The topological polar surface area (TPSA) is 39.9 Å². The van der Waals surface area contributed by atoms with Crippen molar-refractivity contribution >= 4 is 16.5 Å². The zero-order valence-electron chi connectivity index (χ0n) is 9.81. The molecule has 1 aliphatic rings. The zero-order valence-corrected chi connectivity index (χ0v) is 10.6. The Morgan fingerprint density at radius 2 is 2.06 bits per heavy atom. The predicted molar refractivity (Wildman–Crippen MR) is 66.6 cm³/mol. The normalized spacial score (nSPS) is 24.7. The molecule has 0 unspecified atom stereocenters. The summed E-state index contributed by atoms with van der Waals surface area (Å²) >= 11 is 1.51. The molecule has 1 saturated heterocycles. The third kappa shape index (κ3) is 2.05. The van der Waals surface area contributed by atoms with Gasteiger partial charge in [-0.15, -0.1) is 0 Å². The van der Waals surface area contributed by atoms with Crippen LogP contribution < -0.4 is 4.90 Å². The monoisotopic (exact) mass is 235 g/mol. The molecular weight excluding hydrogens is 218 g/mol. The fourth-order valence-corrected chi connectivity index (χ4v) is 3.21. The standard InChI is InChI=1S/C12H17N3S/c1-3-9-7-15(8-10(9)4-2)12-14-6-11(5-13)16-12/h6,9-10H,3-4,7-8H2,1-2H3/t9-,10+. The quantitative estimate of drug-likeness (QED) is 0.808. The highest BCUT2D eigenvalue weighted by atomic mass is 32.1. The molecule has 0 saturated carbocycles. The average molecular weight is 235 g/mol. The van der Waals surface area contributed by atoms with E-state index in [0.717, 1.165) is 30.1 Å². The lowest BCUT2D eigenvalue weighted by atomic mass is 9.92. The van der Waals surface area contributed by atoms with E-state index in [9.17, 15) is 0 Å². The Morgan fingerprint density at radius 3 is 2.50 bits per heavy atom. The molecule has 0 aliphatic carbocycles. The van der Waals surface area contributed by atoms with Crippen molar-refractivity contribution in [2.45, 2.75) is 26.7 Å². The Balaban J connectivity index is 2.10. The predicted octanol–water partition coefficient (Wildman–Crippen LogP) is 2.89. The van der Waals surface area contributed by atoms with Crippen LogP contribution in [0.15, 0.2) is 6.20 Å². The highest BCUT2D eigenvalue weighted by Gasteiger charge is 2.31. The van der Waals surface area contributed by atoms with Crippen molar-refractivity contribution in [2.75, 3.05) is 18.0 Å². The first-order chi connectivity index (χ1) is 7.78. The van der Waals surface area contributed by atoms with Crippen LogP contribution in [0.2, 0.25) is 0 Å². The molecule has 1 aliphatic heterocycles. The molecule has 2 heterocycles. The largest absolute Gasteiger partial charge is 0.347 e. The van der Waals surface area contributed by atoms with Crippen molar-refractivity contribution in [1.29, 1.82) is 5.26 Å². The van der Waals surface area contributed by atoms with E-state index in [1.165, 1.54) is 24.2 Å². The van der Waals surface area contributed by atoms with Crippen LogP contribution in [-0.2, 0) is 0 Å². The second-order valence-corrected chi connectivity index (χ2v) is 5.37. The number of aromatic nitrogens is 1. The number of nitrogens with zero attached hydrogens (tertiary/aromatic N) is 3. The number of anilines is 1. The van der Waals surface area contributed by atoms with E-state index in [1.54, 1.807) is 6.20 Å². The maximum atomic E-state index is 8.79. The first-order valence-corrected chi connectivity index (χ1v) is 6.71. The summed E-state index contributed by atoms with van der Waals surface area (Å²) in [6.45, 7) is 6.74. The van der Waals surface area contributed by atoms with Crippen LogP contribution in [0.4, 0.5) is 5.13 Å². The summed E-state index contributed by atoms with van der Waals surface area (Å²) in [5.74, 6) is 1.58. The van der Waals surface area contributed by atoms with Gasteiger partial charge in [-0.3, -0.25) is 0 Å². The van der Waals surface area contributed by atoms with Gasteiger partial charge in [-0.2, -0.15) is 5.26 Å². The van der Waals surface area contributed by atoms with Crippen LogP contribution in [0.25, 0.3) is 0 Å². The summed E-state index contributed by atoms with van der Waals surface area (Å²) in [4.78, 5) is 7.38. The average Bonchev–Trinajstić information content (AvgIpc) is 2.94. The molecule has 0 aromatic carbocycles. The molecule has 1 fully saturated rings. The molecule has 2 rings (SSSR count). The van der Waals surface area contributed by atoms with Crippen molar-refractivity contribution < 1.29 is 0 Å². The third-order valence-electron chi connectivity index (χ3n) is 3.50. The van der Waals surface area contributed by atoms with Crippen molar-refractivity contribution in [1.82, 2.24) is 4.98 Å². The Kier molecular flexibility index (Phi) is 3.45. The van der Waals surface area contributed by atoms with E-state index >= 15 is 0 Å². The summed E-state index contributed by atoms with van der Waals surface area (Å²) in [6, 6.07) is 2.15. The van der Waals surface area contributed by atoms with Gasteiger partial charge in [0.2, 0.25) is 0 Å². The minimum atomic E-state index is 0.711. The highest BCUT2D eigenvalue weighted by molar-refractivity contribution is 7.16. The molecular formula is C12H17N3S. The van der Waals surface area contributed by atoms with Crippen LogP contribution in [-0.4, -0.2) is 18.1 Å². The number of rotatable bonds is 3. The van der Waals surface area contributed by atoms with Crippen molar-refractivity contribution in [3.8, 4) is 6.07 Å². The van der Waals surface area contributed by atoms with Gasteiger partial charge in [-0.1, -0.05) is 38.0 Å². The maximum Gasteiger partial charge on any atom is 0.186 e. The first kappa shape index (κ1) is 11.4. The van der Waals surface area contributed by atoms with Gasteiger partial charge in [-0.05, 0) is 11.8 Å². The Labute approximate surface area is 101 Å². The second-order valence-electron chi connectivity index (χ2n) is 4.36. The summed E-state index contributed by atoms with van der Waals surface area (Å²) in [7, 11) is 0. The van der Waals surface area contributed by atoms with Gasteiger partial charge in [0.1, 0.15) is 10.9 Å². The molecule has 0 radical (unpaired) electrons. The Morgan fingerprint density at radius 1 is 1.44 bits per heavy atom. The Bertz CT molecular complexity index is 381. The summed E-state index contributed by atoms with van der Waals surface area (Å²) in [6.07, 6.45) is 4.16. The fraction of sp³-hybridized carbons (Fsp3) is 0.667. The van der Waals surface area contributed by atoms with Gasteiger partial charge in [0.05, 0.1) is 6.20 Å². The lowest BCUT2D eigenvalue weighted by Crippen LogP contribution is -2.19. The van der Waals surface area contributed by atoms with E-state index in [4.69, 9.17) is 5.26 Å². The van der Waals surface area contributed by atoms with Gasteiger partial charge in [0.25, 0.3) is 0 Å². The van der Waals surface area contributed by atoms with Gasteiger partial charge in [-0.25, -0.2) is 4.98 Å². The molecule has 1 aromatic heterocycles. The molecule has 86 valence electrons. The first-order valence-electron chi connectivity index (χ1n) is 5.89. The molecule has 2 atom stereocenters. The van der Waals surface area contributed by atoms with Crippen LogP contribution >= 0.6 is 11.3 Å². The van der Waals surface area contributed by atoms with E-state index in [2.05, 4.69) is 29.8 Å². The lowest BCUT2D eigenvalue weighted by Gasteiger charge is -2.13. The van der Waals surface area contributed by atoms with E-state index in [1.807, 2.05) is 0 Å². The van der Waals surface area contributed by atoms with Crippen molar-refractivity contribution in [3.63, 3.8) is 0 Å². The van der Waals surface area contributed by atoms with Gasteiger partial charge in [0, 0.05) is 13.1 Å². The molecule has 16 heavy (non-hydrogen) atoms. The van der Waals surface area contributed by atoms with Gasteiger partial charge >= 0.3 is 0 Å². The molecule has 1 aromatic rings. The number of hydrogen-bond acceptors (Lipinski definition) is 4. The second kappa shape index (κ2) is 4.84. The summed E-state index contributed by atoms with van der Waals surface area (Å²) in [5, 5.41) is 9.81. The van der Waals surface area contributed by atoms with Crippen LogP contribution in [0, 0.1) is 23.2 Å². The molecule has 0 bridgehead atoms. The minimum absolute atomic E-state index is 0.711. The molecule has 0 amide bonds. The van der Waals surface area contributed by atoms with E-state index in [-0.39, 0.29) is 0 Å². The third-order valence-corrected chi connectivity index (χ3v) is 4.46. The lowest BCUT2D eigenvalue weighted by molar-refractivity contribution is 0.397. The zero-order chi connectivity index (χ0) is 11.5. The van der Waals surface area contributed by atoms with Gasteiger partial charge in [0.15, 0.2) is 5.13 Å². The van der Waals surface area contributed by atoms with Crippen LogP contribution in [0.3, 0.4) is 0 Å². The number of thiazole rings is 1. The van der Waals surface area contributed by atoms with Crippen LogP contribution in [0.1, 0.15) is 31.6 Å². The maximum absolute atomic E-state index is 8.79. The highest BCUT2D eigenvalue weighted by Crippen LogP contribution is 2.33. The number of hydrogen-bond donors (Lipinski definition) is 0. The summed E-state index contributed by atoms with van der Waals surface area (Å²) in [5.41, 5.74) is 0. The van der Waals surface area contributed by atoms with E-state index < -0.39 is 0 Å². The fourth-order valence-electron chi connectivity index (χ4n) is 2.48. The van der Waals surface area contributed by atoms with E-state index in [0.29, 0.717) is 4.88 Å². The Hall–Kier alpha value is -1.08. The van der Waals surface area contributed by atoms with Crippen molar-refractivity contribution in [3.05, 3.63) is 11.1 Å². The molecule has 0 N–H and O–H groups in total. The van der Waals surface area contributed by atoms with Crippen molar-refractivity contribution in [2.24, 2.45) is 11.8 Å². The molecule has 0 spiro atoms. The van der Waals surface area contributed by atoms with Gasteiger partial charge < -0.3 is 4.90 Å². The smallest absolute Gasteiger partial charge is 0.186 e. The minimum Gasteiger partial charge on any atom is -0.347 e. The summed E-state index contributed by atoms with van der Waals surface area (Å²) < 4.78 is 0. The molecule has 3 nitrogen and oxygen atoms in total. The number of nitriles is 1. The van der Waals surface area contributed by atoms with Crippen LogP contribution in [0.5, 0.6) is 0 Å². The molecule has 4 heteroatoms.